The highest BCUT2D eigenvalue weighted by molar-refractivity contribution is 7.92. The van der Waals surface area contributed by atoms with E-state index in [0.29, 0.717) is 18.1 Å². The van der Waals surface area contributed by atoms with Crippen molar-refractivity contribution in [2.24, 2.45) is 0 Å². The number of sulfonamides is 1. The largest absolute Gasteiger partial charge is 0.345 e. The standard InChI is InChI=1S/C17H22N4O3S/c1-4-21(14-8-6-5-7-9-14)25(23,24)15-10-11-16(18-12-15)19-13-17(22)20(2)3/h5-12H,4,13H2,1-3H3,(H,18,19)/p+1. The number of aromatic nitrogens is 1. The molecule has 0 saturated heterocycles. The smallest absolute Gasteiger partial charge is 0.272 e. The molecule has 0 aliphatic carbocycles. The number of likely N-dealkylation sites (N-methyl/N-ethyl adjacent to an activating group) is 1. The summed E-state index contributed by atoms with van der Waals surface area (Å²) in [7, 11) is -0.321. The number of nitrogens with zero attached hydrogens (tertiary/aromatic N) is 2. The first kappa shape index (κ1) is 18.7. The van der Waals surface area contributed by atoms with Crippen LogP contribution in [0.25, 0.3) is 0 Å². The van der Waals surface area contributed by atoms with Gasteiger partial charge in [0.2, 0.25) is 0 Å². The van der Waals surface area contributed by atoms with E-state index in [1.165, 1.54) is 21.5 Å². The minimum Gasteiger partial charge on any atom is -0.345 e. The van der Waals surface area contributed by atoms with E-state index >= 15 is 0 Å². The van der Waals surface area contributed by atoms with Crippen molar-refractivity contribution in [1.82, 2.24) is 4.90 Å². The van der Waals surface area contributed by atoms with Crippen LogP contribution in [0.15, 0.2) is 53.6 Å². The van der Waals surface area contributed by atoms with Crippen LogP contribution >= 0.6 is 0 Å². The number of benzene rings is 1. The van der Waals surface area contributed by atoms with Crippen LogP contribution in [0.5, 0.6) is 0 Å². The second-order valence-electron chi connectivity index (χ2n) is 5.59. The Kier molecular flexibility index (Phi) is 5.97. The Morgan fingerprint density at radius 3 is 2.32 bits per heavy atom. The van der Waals surface area contributed by atoms with Crippen LogP contribution in [-0.2, 0) is 14.8 Å². The molecule has 2 N–H and O–H groups in total. The number of para-hydroxylation sites is 1. The molecule has 7 nitrogen and oxygen atoms in total. The topological polar surface area (TPSA) is 83.9 Å². The van der Waals surface area contributed by atoms with Gasteiger partial charge in [-0.25, -0.2) is 13.4 Å². The number of hydrogen-bond acceptors (Lipinski definition) is 4. The van der Waals surface area contributed by atoms with Crippen LogP contribution < -0.4 is 14.6 Å². The maximum Gasteiger partial charge on any atom is 0.272 e. The van der Waals surface area contributed by atoms with Gasteiger partial charge in [0.15, 0.2) is 6.54 Å². The van der Waals surface area contributed by atoms with Gasteiger partial charge in [0.1, 0.15) is 11.1 Å². The normalized spacial score (nSPS) is 11.0. The van der Waals surface area contributed by atoms with E-state index in [1.807, 2.05) is 6.07 Å². The minimum atomic E-state index is -3.67. The van der Waals surface area contributed by atoms with Gasteiger partial charge in [0.05, 0.1) is 5.69 Å². The Labute approximate surface area is 148 Å². The predicted octanol–water partition coefficient (Wildman–Crippen LogP) is 1.22. The molecule has 0 atom stereocenters. The van der Waals surface area contributed by atoms with Crippen molar-refractivity contribution in [3.8, 4) is 0 Å². The van der Waals surface area contributed by atoms with Gasteiger partial charge in [0, 0.05) is 26.7 Å². The lowest BCUT2D eigenvalue weighted by Gasteiger charge is -2.22. The zero-order valence-corrected chi connectivity index (χ0v) is 15.4. The van der Waals surface area contributed by atoms with Crippen molar-refractivity contribution >= 4 is 27.4 Å². The summed E-state index contributed by atoms with van der Waals surface area (Å²) < 4.78 is 27.1. The minimum absolute atomic E-state index is 0.0775. The molecule has 2 rings (SSSR count). The fourth-order valence-electron chi connectivity index (χ4n) is 2.22. The molecule has 1 aromatic heterocycles. The number of H-pyrrole nitrogens is 1. The van der Waals surface area contributed by atoms with Gasteiger partial charge in [-0.1, -0.05) is 18.2 Å². The van der Waals surface area contributed by atoms with Crippen molar-refractivity contribution < 1.29 is 18.2 Å². The Balaban J connectivity index is 2.18. The summed E-state index contributed by atoms with van der Waals surface area (Å²) in [5, 5.41) is 2.92. The Bertz CT molecular complexity index is 806. The van der Waals surface area contributed by atoms with Crippen molar-refractivity contribution in [3.05, 3.63) is 48.7 Å². The SMILES string of the molecule is CCN(c1ccccc1)S(=O)(=O)c1ccc(NCC(=O)N(C)C)[nH+]c1. The maximum absolute atomic E-state index is 12.9. The summed E-state index contributed by atoms with van der Waals surface area (Å²) in [5.74, 6) is 0.489. The molecule has 0 saturated carbocycles. The average Bonchev–Trinajstić information content (AvgIpc) is 2.61. The zero-order chi connectivity index (χ0) is 18.4. The number of pyridine rings is 1. The zero-order valence-electron chi connectivity index (χ0n) is 14.6. The maximum atomic E-state index is 12.9. The van der Waals surface area contributed by atoms with Crippen LogP contribution in [0.1, 0.15) is 6.92 Å². The number of rotatable bonds is 7. The molecule has 0 radical (unpaired) electrons. The molecule has 134 valence electrons. The highest BCUT2D eigenvalue weighted by Crippen LogP contribution is 2.22. The molecule has 1 heterocycles. The van der Waals surface area contributed by atoms with Gasteiger partial charge in [0.25, 0.3) is 21.7 Å². The number of amides is 1. The average molecular weight is 363 g/mol. The lowest BCUT2D eigenvalue weighted by atomic mass is 10.3. The van der Waals surface area contributed by atoms with Gasteiger partial charge in [-0.3, -0.25) is 14.4 Å². The van der Waals surface area contributed by atoms with Crippen molar-refractivity contribution in [2.45, 2.75) is 11.8 Å². The Morgan fingerprint density at radius 2 is 1.80 bits per heavy atom. The monoisotopic (exact) mass is 363 g/mol. The molecule has 0 aliphatic rings. The fraction of sp³-hybridized carbons (Fsp3) is 0.294. The second-order valence-corrected chi connectivity index (χ2v) is 7.45. The van der Waals surface area contributed by atoms with Crippen LogP contribution in [-0.4, -0.2) is 46.4 Å². The molecule has 8 heteroatoms. The molecule has 0 fully saturated rings. The summed E-state index contributed by atoms with van der Waals surface area (Å²) in [6, 6.07) is 12.1. The first-order chi connectivity index (χ1) is 11.9. The van der Waals surface area contributed by atoms with Gasteiger partial charge in [-0.05, 0) is 25.1 Å². The fourth-order valence-corrected chi connectivity index (χ4v) is 3.66. The molecule has 0 unspecified atom stereocenters. The lowest BCUT2D eigenvalue weighted by Crippen LogP contribution is -2.32. The first-order valence-electron chi connectivity index (χ1n) is 7.89. The van der Waals surface area contributed by atoms with Crippen LogP contribution in [0.2, 0.25) is 0 Å². The highest BCUT2D eigenvalue weighted by Gasteiger charge is 2.24. The van der Waals surface area contributed by atoms with Gasteiger partial charge in [-0.2, -0.15) is 0 Å². The third-order valence-corrected chi connectivity index (χ3v) is 5.53. The summed E-state index contributed by atoms with van der Waals surface area (Å²) >= 11 is 0. The third-order valence-electron chi connectivity index (χ3n) is 3.63. The Hall–Kier alpha value is -2.61. The molecular weight excluding hydrogens is 340 g/mol. The lowest BCUT2D eigenvalue weighted by molar-refractivity contribution is -0.364. The molecule has 25 heavy (non-hydrogen) atoms. The van der Waals surface area contributed by atoms with E-state index in [-0.39, 0.29) is 17.3 Å². The van der Waals surface area contributed by atoms with E-state index in [4.69, 9.17) is 0 Å². The van der Waals surface area contributed by atoms with Crippen LogP contribution in [0, 0.1) is 0 Å². The van der Waals surface area contributed by atoms with Crippen molar-refractivity contribution in [2.75, 3.05) is 36.8 Å². The molecule has 0 bridgehead atoms. The Morgan fingerprint density at radius 1 is 1.12 bits per heavy atom. The van der Waals surface area contributed by atoms with E-state index in [2.05, 4.69) is 10.3 Å². The molecule has 1 aromatic carbocycles. The number of anilines is 2. The number of aromatic amines is 1. The number of hydrogen-bond donors (Lipinski definition) is 1. The summed E-state index contributed by atoms with van der Waals surface area (Å²) in [5.41, 5.74) is 0.615. The molecule has 1 amide bonds. The van der Waals surface area contributed by atoms with Crippen LogP contribution in [0.3, 0.4) is 0 Å². The molecule has 2 aromatic rings. The first-order valence-corrected chi connectivity index (χ1v) is 9.34. The quantitative estimate of drug-likeness (QED) is 0.802. The highest BCUT2D eigenvalue weighted by atomic mass is 32.2. The number of carbonyl (C=O) groups excluding carboxylic acids is 1. The van der Waals surface area contributed by atoms with E-state index < -0.39 is 10.0 Å². The third kappa shape index (κ3) is 4.48. The van der Waals surface area contributed by atoms with E-state index in [1.54, 1.807) is 51.4 Å². The van der Waals surface area contributed by atoms with Crippen molar-refractivity contribution in [3.63, 3.8) is 0 Å². The predicted molar refractivity (Wildman–Crippen MR) is 96.8 cm³/mol. The summed E-state index contributed by atoms with van der Waals surface area (Å²) in [6.07, 6.45) is 1.42. The summed E-state index contributed by atoms with van der Waals surface area (Å²) in [6.45, 7) is 2.24. The number of carbonyl (C=O) groups is 1. The van der Waals surface area contributed by atoms with Gasteiger partial charge < -0.3 is 4.90 Å². The second kappa shape index (κ2) is 7.98. The van der Waals surface area contributed by atoms with Crippen molar-refractivity contribution in [1.29, 1.82) is 0 Å². The molecule has 0 aliphatic heterocycles. The van der Waals surface area contributed by atoms with Crippen LogP contribution in [0.4, 0.5) is 11.5 Å². The number of nitrogens with one attached hydrogen (secondary N) is 2. The summed E-state index contributed by atoms with van der Waals surface area (Å²) in [4.78, 5) is 16.1. The van der Waals surface area contributed by atoms with Gasteiger partial charge >= 0.3 is 0 Å². The van der Waals surface area contributed by atoms with E-state index in [0.717, 1.165) is 0 Å². The van der Waals surface area contributed by atoms with Gasteiger partial charge in [-0.15, -0.1) is 0 Å². The van der Waals surface area contributed by atoms with E-state index in [9.17, 15) is 13.2 Å². The molecule has 0 spiro atoms. The molecular formula is C17H23N4O3S+.